The van der Waals surface area contributed by atoms with Crippen LogP contribution in [-0.4, -0.2) is 33.8 Å². The molecule has 0 saturated heterocycles. The van der Waals surface area contributed by atoms with E-state index >= 15 is 0 Å². The number of nitrogens with two attached hydrogens (primary N) is 1. The normalized spacial score (nSPS) is 13.5. The highest BCUT2D eigenvalue weighted by Crippen LogP contribution is 2.12. The summed E-state index contributed by atoms with van der Waals surface area (Å²) in [6.07, 6.45) is 4.25. The number of rotatable bonds is 8. The summed E-state index contributed by atoms with van der Waals surface area (Å²) >= 11 is 0. The summed E-state index contributed by atoms with van der Waals surface area (Å²) in [5.74, 6) is 0. The Labute approximate surface area is 111 Å². The van der Waals surface area contributed by atoms with Crippen LogP contribution in [0.1, 0.15) is 52.3 Å². The van der Waals surface area contributed by atoms with E-state index in [-0.39, 0.29) is 0 Å². The van der Waals surface area contributed by atoms with Crippen LogP contribution in [0.5, 0.6) is 0 Å². The van der Waals surface area contributed by atoms with Crippen LogP contribution in [0.15, 0.2) is 12.3 Å². The molecule has 0 aliphatic rings. The van der Waals surface area contributed by atoms with Crippen LogP contribution in [0.25, 0.3) is 0 Å². The lowest BCUT2D eigenvalue weighted by Gasteiger charge is -2.25. The van der Waals surface area contributed by atoms with E-state index in [4.69, 9.17) is 5.73 Å². The van der Waals surface area contributed by atoms with E-state index in [9.17, 15) is 0 Å². The Morgan fingerprint density at radius 1 is 1.39 bits per heavy atom. The fourth-order valence-electron chi connectivity index (χ4n) is 1.92. The molecule has 0 bridgehead atoms. The van der Waals surface area contributed by atoms with Gasteiger partial charge < -0.3 is 5.73 Å². The van der Waals surface area contributed by atoms with Crippen LogP contribution in [0, 0.1) is 0 Å². The second kappa shape index (κ2) is 7.54. The Hall–Kier alpha value is -0.870. The summed E-state index contributed by atoms with van der Waals surface area (Å²) in [5, 5.41) is 4.66. The Morgan fingerprint density at radius 3 is 2.67 bits per heavy atom. The van der Waals surface area contributed by atoms with Gasteiger partial charge >= 0.3 is 0 Å². The topological polar surface area (TPSA) is 47.1 Å². The van der Waals surface area contributed by atoms with Crippen molar-refractivity contribution in [3.05, 3.63) is 18.0 Å². The van der Waals surface area contributed by atoms with Crippen LogP contribution >= 0.6 is 0 Å². The molecule has 0 radical (unpaired) electrons. The van der Waals surface area contributed by atoms with Gasteiger partial charge in [0.2, 0.25) is 0 Å². The smallest absolute Gasteiger partial charge is 0.0764 e. The molecule has 0 aromatic carbocycles. The maximum absolute atomic E-state index is 5.59. The summed E-state index contributed by atoms with van der Waals surface area (Å²) in [5.41, 5.74) is 6.74. The monoisotopic (exact) mass is 252 g/mol. The molecule has 104 valence electrons. The summed E-state index contributed by atoms with van der Waals surface area (Å²) in [7, 11) is 0. The first-order chi connectivity index (χ1) is 8.58. The Bertz CT molecular complexity index is 332. The van der Waals surface area contributed by atoms with Crippen molar-refractivity contribution in [2.45, 2.75) is 59.2 Å². The molecule has 1 unspecified atom stereocenters. The van der Waals surface area contributed by atoms with Gasteiger partial charge in [-0.3, -0.25) is 9.58 Å². The quantitative estimate of drug-likeness (QED) is 0.773. The van der Waals surface area contributed by atoms with Gasteiger partial charge in [-0.2, -0.15) is 5.10 Å². The van der Waals surface area contributed by atoms with Gasteiger partial charge in [-0.05, 0) is 46.2 Å². The van der Waals surface area contributed by atoms with Gasteiger partial charge in [0.05, 0.1) is 5.69 Å². The van der Waals surface area contributed by atoms with Gasteiger partial charge in [0.1, 0.15) is 0 Å². The fraction of sp³-hybridized carbons (Fsp3) is 0.786. The average molecular weight is 252 g/mol. The Morgan fingerprint density at radius 2 is 2.11 bits per heavy atom. The van der Waals surface area contributed by atoms with E-state index in [1.807, 2.05) is 0 Å². The Kier molecular flexibility index (Phi) is 6.36. The van der Waals surface area contributed by atoms with Crippen molar-refractivity contribution in [1.29, 1.82) is 0 Å². The van der Waals surface area contributed by atoms with Crippen LogP contribution in [0.2, 0.25) is 0 Å². The molecule has 1 rings (SSSR count). The van der Waals surface area contributed by atoms with Gasteiger partial charge in [0.25, 0.3) is 0 Å². The zero-order chi connectivity index (χ0) is 13.5. The summed E-state index contributed by atoms with van der Waals surface area (Å²) in [4.78, 5) is 2.43. The molecule has 18 heavy (non-hydrogen) atoms. The molecule has 0 spiro atoms. The second-order valence-electron chi connectivity index (χ2n) is 5.25. The summed E-state index contributed by atoms with van der Waals surface area (Å²) < 4.78 is 2.07. The molecule has 1 heterocycles. The summed E-state index contributed by atoms with van der Waals surface area (Å²) in [6.45, 7) is 11.6. The van der Waals surface area contributed by atoms with Crippen molar-refractivity contribution >= 4 is 0 Å². The lowest BCUT2D eigenvalue weighted by Crippen LogP contribution is -2.32. The van der Waals surface area contributed by atoms with Gasteiger partial charge in [-0.25, -0.2) is 0 Å². The minimum absolute atomic E-state index is 0.482. The van der Waals surface area contributed by atoms with Crippen molar-refractivity contribution in [3.63, 3.8) is 0 Å². The third-order valence-electron chi connectivity index (χ3n) is 3.45. The molecule has 0 fully saturated rings. The van der Waals surface area contributed by atoms with Crippen LogP contribution < -0.4 is 5.73 Å². The van der Waals surface area contributed by atoms with E-state index in [0.29, 0.717) is 12.1 Å². The third-order valence-corrected chi connectivity index (χ3v) is 3.45. The predicted octanol–water partition coefficient (Wildman–Crippen LogP) is 2.41. The average Bonchev–Trinajstić information content (AvgIpc) is 2.81. The SMILES string of the molecule is CCC(C)n1ccc(CN(CCCN)C(C)C)n1. The van der Waals surface area contributed by atoms with Gasteiger partial charge in [-0.15, -0.1) is 0 Å². The lowest BCUT2D eigenvalue weighted by molar-refractivity contribution is 0.208. The van der Waals surface area contributed by atoms with Crippen molar-refractivity contribution in [2.24, 2.45) is 5.73 Å². The predicted molar refractivity (Wildman–Crippen MR) is 76.4 cm³/mol. The first-order valence-corrected chi connectivity index (χ1v) is 7.06. The molecule has 2 N–H and O–H groups in total. The number of hydrogen-bond acceptors (Lipinski definition) is 3. The highest BCUT2D eigenvalue weighted by molar-refractivity contribution is 5.00. The van der Waals surface area contributed by atoms with Crippen LogP contribution in [-0.2, 0) is 6.54 Å². The zero-order valence-corrected chi connectivity index (χ0v) is 12.3. The van der Waals surface area contributed by atoms with E-state index < -0.39 is 0 Å². The molecule has 4 heteroatoms. The molecule has 0 saturated carbocycles. The number of hydrogen-bond donors (Lipinski definition) is 1. The highest BCUT2D eigenvalue weighted by atomic mass is 15.3. The first-order valence-electron chi connectivity index (χ1n) is 7.06. The molecule has 1 aromatic rings. The van der Waals surface area contributed by atoms with Crippen molar-refractivity contribution in [1.82, 2.24) is 14.7 Å². The van der Waals surface area contributed by atoms with Gasteiger partial charge in [0, 0.05) is 31.4 Å². The van der Waals surface area contributed by atoms with Crippen molar-refractivity contribution < 1.29 is 0 Å². The lowest BCUT2D eigenvalue weighted by atomic mass is 10.2. The second-order valence-corrected chi connectivity index (χ2v) is 5.25. The molecule has 0 amide bonds. The van der Waals surface area contributed by atoms with Crippen LogP contribution in [0.3, 0.4) is 0 Å². The maximum Gasteiger partial charge on any atom is 0.0764 e. The molecular formula is C14H28N4. The molecular weight excluding hydrogens is 224 g/mol. The standard InChI is InChI=1S/C14H28N4/c1-5-13(4)18-10-7-14(16-18)11-17(12(2)3)9-6-8-15/h7,10,12-13H,5-6,8-9,11,15H2,1-4H3. The number of nitrogens with zero attached hydrogens (tertiary/aromatic N) is 3. The first kappa shape index (κ1) is 15.2. The zero-order valence-electron chi connectivity index (χ0n) is 12.3. The van der Waals surface area contributed by atoms with Crippen molar-refractivity contribution in [3.8, 4) is 0 Å². The molecule has 0 aliphatic heterocycles. The largest absolute Gasteiger partial charge is 0.330 e. The Balaban J connectivity index is 2.60. The molecule has 1 aromatic heterocycles. The molecule has 0 aliphatic carbocycles. The molecule has 1 atom stereocenters. The van der Waals surface area contributed by atoms with Crippen molar-refractivity contribution in [2.75, 3.05) is 13.1 Å². The van der Waals surface area contributed by atoms with Crippen LogP contribution in [0.4, 0.5) is 0 Å². The van der Waals surface area contributed by atoms with E-state index in [0.717, 1.165) is 38.2 Å². The van der Waals surface area contributed by atoms with E-state index in [2.05, 4.69) is 54.6 Å². The molecule has 4 nitrogen and oxygen atoms in total. The minimum Gasteiger partial charge on any atom is -0.330 e. The van der Waals surface area contributed by atoms with E-state index in [1.54, 1.807) is 0 Å². The number of aromatic nitrogens is 2. The van der Waals surface area contributed by atoms with Gasteiger partial charge in [0.15, 0.2) is 0 Å². The van der Waals surface area contributed by atoms with Gasteiger partial charge in [-0.1, -0.05) is 6.92 Å². The minimum atomic E-state index is 0.482. The third kappa shape index (κ3) is 4.42. The highest BCUT2D eigenvalue weighted by Gasteiger charge is 2.12. The maximum atomic E-state index is 5.59. The van der Waals surface area contributed by atoms with E-state index in [1.165, 1.54) is 0 Å². The fourth-order valence-corrected chi connectivity index (χ4v) is 1.92. The summed E-state index contributed by atoms with van der Waals surface area (Å²) in [6, 6.07) is 3.14.